The molecule has 33 heavy (non-hydrogen) atoms. The molecule has 3 N–H and O–H groups in total. The van der Waals surface area contributed by atoms with E-state index in [4.69, 9.17) is 0 Å². The monoisotopic (exact) mass is 456 g/mol. The van der Waals surface area contributed by atoms with E-state index in [-0.39, 0.29) is 23.7 Å². The molecule has 7 nitrogen and oxygen atoms in total. The molecule has 1 aromatic carbocycles. The van der Waals surface area contributed by atoms with Crippen LogP contribution < -0.4 is 10.6 Å². The van der Waals surface area contributed by atoms with Gasteiger partial charge in [0.25, 0.3) is 0 Å². The third-order valence-corrected chi connectivity index (χ3v) is 6.81. The number of carbonyl (C=O) groups excluding carboxylic acids is 2. The fourth-order valence-electron chi connectivity index (χ4n) is 4.90. The van der Waals surface area contributed by atoms with Gasteiger partial charge >= 0.3 is 5.97 Å². The van der Waals surface area contributed by atoms with Gasteiger partial charge in [0.2, 0.25) is 17.5 Å². The van der Waals surface area contributed by atoms with E-state index in [1.165, 1.54) is 11.3 Å². The Morgan fingerprint density at radius 1 is 1.15 bits per heavy atom. The summed E-state index contributed by atoms with van der Waals surface area (Å²) in [5.74, 6) is -2.87. The average molecular weight is 457 g/mol. The number of amides is 2. The summed E-state index contributed by atoms with van der Waals surface area (Å²) in [6.07, 6.45) is 7.24. The quantitative estimate of drug-likeness (QED) is 0.571. The van der Waals surface area contributed by atoms with Gasteiger partial charge in [-0.1, -0.05) is 45.4 Å². The van der Waals surface area contributed by atoms with Crippen LogP contribution >= 0.6 is 0 Å². The van der Waals surface area contributed by atoms with E-state index in [1.807, 2.05) is 26.0 Å². The standard InChI is InChI=1S/C26H37N3O4/c1-17(2)14-21(18(3)26(32)33)24(30)28-22-15-19-16-29(23-11-7-6-10-20(19)23)13-9-5-4-8-12-27-25(22)31/h6-7,10-11,16-19,21-22H,4-5,8-9,12-15H2,1-3H3,(H2-,27,28,30,31,32,33)/p+1. The first kappa shape index (κ1) is 24.9. The lowest BCUT2D eigenvalue weighted by Gasteiger charge is -2.26. The van der Waals surface area contributed by atoms with Crippen LogP contribution in [0.2, 0.25) is 0 Å². The lowest BCUT2D eigenvalue weighted by Crippen LogP contribution is -2.50. The smallest absolute Gasteiger partial charge is 0.307 e. The first-order valence-corrected chi connectivity index (χ1v) is 12.3. The summed E-state index contributed by atoms with van der Waals surface area (Å²) in [5.41, 5.74) is 2.33. The van der Waals surface area contributed by atoms with Gasteiger partial charge in [0.1, 0.15) is 12.6 Å². The van der Waals surface area contributed by atoms with Crippen molar-refractivity contribution in [2.75, 3.05) is 13.1 Å². The first-order valence-electron chi connectivity index (χ1n) is 12.3. The molecule has 180 valence electrons. The molecule has 2 amide bonds. The fourth-order valence-corrected chi connectivity index (χ4v) is 4.90. The van der Waals surface area contributed by atoms with Crippen LogP contribution in [0.3, 0.4) is 0 Å². The Labute approximate surface area is 196 Å². The minimum absolute atomic E-state index is 0.0125. The first-order chi connectivity index (χ1) is 15.8. The number of carboxylic acid groups (broad SMARTS) is 1. The van der Waals surface area contributed by atoms with Gasteiger partial charge in [-0.2, -0.15) is 0 Å². The van der Waals surface area contributed by atoms with Gasteiger partial charge in [0.05, 0.1) is 17.8 Å². The van der Waals surface area contributed by atoms with E-state index < -0.39 is 23.8 Å². The summed E-state index contributed by atoms with van der Waals surface area (Å²) >= 11 is 0. The zero-order valence-corrected chi connectivity index (χ0v) is 20.0. The van der Waals surface area contributed by atoms with E-state index in [0.717, 1.165) is 32.2 Å². The normalized spacial score (nSPS) is 23.2. The Hall–Kier alpha value is -2.70. The number of hydrogen-bond acceptors (Lipinski definition) is 3. The molecule has 2 aliphatic heterocycles. The van der Waals surface area contributed by atoms with Crippen molar-refractivity contribution in [2.45, 2.75) is 71.3 Å². The molecule has 2 bridgehead atoms. The number of benzene rings is 1. The van der Waals surface area contributed by atoms with Gasteiger partial charge in [-0.15, -0.1) is 0 Å². The van der Waals surface area contributed by atoms with Crippen molar-refractivity contribution >= 4 is 29.7 Å². The molecule has 7 heteroatoms. The summed E-state index contributed by atoms with van der Waals surface area (Å²) in [4.78, 5) is 38.0. The fraction of sp³-hybridized carbons (Fsp3) is 0.615. The third-order valence-electron chi connectivity index (χ3n) is 6.81. The number of aliphatic carboxylic acids is 1. The zero-order chi connectivity index (χ0) is 24.0. The molecule has 0 aliphatic carbocycles. The molecule has 1 aromatic rings. The van der Waals surface area contributed by atoms with E-state index in [2.05, 4.69) is 33.6 Å². The van der Waals surface area contributed by atoms with Crippen LogP contribution in [-0.2, 0) is 14.4 Å². The Morgan fingerprint density at radius 3 is 2.61 bits per heavy atom. The number of carbonyl (C=O) groups is 3. The number of nitrogens with one attached hydrogen (secondary N) is 2. The van der Waals surface area contributed by atoms with Gasteiger partial charge in [-0.25, -0.2) is 4.58 Å². The number of fused-ring (bicyclic) bond motifs is 4. The highest BCUT2D eigenvalue weighted by molar-refractivity contribution is 5.91. The van der Waals surface area contributed by atoms with E-state index in [9.17, 15) is 19.5 Å². The summed E-state index contributed by atoms with van der Waals surface area (Å²) in [6.45, 7) is 7.04. The summed E-state index contributed by atoms with van der Waals surface area (Å²) in [5, 5.41) is 15.5. The average Bonchev–Trinajstić information content (AvgIpc) is 3.13. The Bertz CT molecular complexity index is 895. The van der Waals surface area contributed by atoms with E-state index in [0.29, 0.717) is 19.4 Å². The molecular weight excluding hydrogens is 418 g/mol. The second kappa shape index (κ2) is 11.4. The van der Waals surface area contributed by atoms with Crippen LogP contribution in [0.5, 0.6) is 0 Å². The van der Waals surface area contributed by atoms with E-state index in [1.54, 1.807) is 6.92 Å². The molecule has 4 atom stereocenters. The molecule has 0 saturated carbocycles. The molecule has 0 radical (unpaired) electrons. The van der Waals surface area contributed by atoms with Gasteiger partial charge < -0.3 is 15.7 Å². The maximum Gasteiger partial charge on any atom is 0.307 e. The molecule has 4 unspecified atom stereocenters. The lowest BCUT2D eigenvalue weighted by molar-refractivity contribution is -0.433. The summed E-state index contributed by atoms with van der Waals surface area (Å²) in [7, 11) is 0. The summed E-state index contributed by atoms with van der Waals surface area (Å²) in [6, 6.07) is 7.52. The van der Waals surface area contributed by atoms with Gasteiger partial charge in [0.15, 0.2) is 6.21 Å². The van der Waals surface area contributed by atoms with E-state index >= 15 is 0 Å². The largest absolute Gasteiger partial charge is 0.481 e. The van der Waals surface area contributed by atoms with Crippen LogP contribution in [0.1, 0.15) is 70.8 Å². The van der Waals surface area contributed by atoms with Crippen LogP contribution in [0, 0.1) is 17.8 Å². The molecule has 3 rings (SSSR count). The topological polar surface area (TPSA) is 98.5 Å². The summed E-state index contributed by atoms with van der Waals surface area (Å²) < 4.78 is 2.28. The number of carboxylic acids is 1. The highest BCUT2D eigenvalue weighted by atomic mass is 16.4. The Kier molecular flexibility index (Phi) is 8.64. The number of rotatable bonds is 6. The minimum atomic E-state index is -0.996. The van der Waals surface area contributed by atoms with Crippen LogP contribution in [0.4, 0.5) is 5.69 Å². The van der Waals surface area contributed by atoms with Crippen molar-refractivity contribution < 1.29 is 24.1 Å². The third kappa shape index (κ3) is 6.42. The maximum atomic E-state index is 13.2. The van der Waals surface area contributed by atoms with Gasteiger partial charge in [-0.3, -0.25) is 14.4 Å². The number of para-hydroxylation sites is 1. The van der Waals surface area contributed by atoms with Crippen molar-refractivity contribution in [2.24, 2.45) is 17.8 Å². The maximum absolute atomic E-state index is 13.2. The molecule has 0 aromatic heterocycles. The molecule has 0 saturated heterocycles. The van der Waals surface area contributed by atoms with Crippen molar-refractivity contribution in [3.05, 3.63) is 29.8 Å². The SMILES string of the molecule is CC(C)CC(C(=O)NC1CC2C=[N+](CCCCCCNC1=O)c1ccccc12)C(C)C(=O)O. The number of hydrogen-bond donors (Lipinski definition) is 3. The van der Waals surface area contributed by atoms with Crippen molar-refractivity contribution in [3.63, 3.8) is 0 Å². The molecule has 2 aliphatic rings. The van der Waals surface area contributed by atoms with Crippen LogP contribution in [0.15, 0.2) is 24.3 Å². The second-order valence-electron chi connectivity index (χ2n) is 9.87. The van der Waals surface area contributed by atoms with Crippen molar-refractivity contribution in [1.82, 2.24) is 10.6 Å². The highest BCUT2D eigenvalue weighted by Crippen LogP contribution is 2.35. The highest BCUT2D eigenvalue weighted by Gasteiger charge is 2.37. The molecule has 0 spiro atoms. The van der Waals surface area contributed by atoms with Crippen molar-refractivity contribution in [3.8, 4) is 0 Å². The zero-order valence-electron chi connectivity index (χ0n) is 20.0. The lowest BCUT2D eigenvalue weighted by atomic mass is 9.85. The molecule has 2 heterocycles. The molecular formula is C26H38N3O4+. The predicted octanol–water partition coefficient (Wildman–Crippen LogP) is 3.45. The Balaban J connectivity index is 1.86. The second-order valence-corrected chi connectivity index (χ2v) is 9.87. The van der Waals surface area contributed by atoms with Gasteiger partial charge in [-0.05, 0) is 31.6 Å². The molecule has 0 fully saturated rings. The minimum Gasteiger partial charge on any atom is -0.481 e. The van der Waals surface area contributed by atoms with Crippen molar-refractivity contribution in [1.29, 1.82) is 0 Å². The Morgan fingerprint density at radius 2 is 1.88 bits per heavy atom. The predicted molar refractivity (Wildman–Crippen MR) is 128 cm³/mol. The number of nitrogens with zero attached hydrogens (tertiary/aromatic N) is 1. The van der Waals surface area contributed by atoms with Gasteiger partial charge in [0, 0.05) is 24.6 Å². The van der Waals surface area contributed by atoms with Crippen LogP contribution in [-0.4, -0.2) is 52.8 Å². The van der Waals surface area contributed by atoms with Crippen LogP contribution in [0.25, 0.3) is 0 Å².